The van der Waals surface area contributed by atoms with Crippen LogP contribution in [-0.4, -0.2) is 23.4 Å². The van der Waals surface area contributed by atoms with Crippen LogP contribution < -0.4 is 25.4 Å². The zero-order valence-electron chi connectivity index (χ0n) is 27.7. The SMILES string of the molecule is COc1ccc2c(c1)c1ccc3c4cc(OC)ccc4n(-c4cccc(P(=O)(c5ccccc5)c5ccccc5)c4)c3c1n2-c1ccccc1. The predicted octanol–water partition coefficient (Wildman–Crippen LogP) is 9.54. The van der Waals surface area contributed by atoms with Crippen molar-refractivity contribution < 1.29 is 14.0 Å². The molecule has 2 aromatic heterocycles. The highest BCUT2D eigenvalue weighted by molar-refractivity contribution is 7.85. The van der Waals surface area contributed by atoms with Gasteiger partial charge >= 0.3 is 0 Å². The number of rotatable bonds is 7. The maximum atomic E-state index is 15.5. The van der Waals surface area contributed by atoms with E-state index in [0.29, 0.717) is 0 Å². The van der Waals surface area contributed by atoms with Gasteiger partial charge in [-0.1, -0.05) is 103 Å². The summed E-state index contributed by atoms with van der Waals surface area (Å²) in [5.74, 6) is 1.59. The van der Waals surface area contributed by atoms with Gasteiger partial charge in [-0.3, -0.25) is 0 Å². The van der Waals surface area contributed by atoms with Crippen molar-refractivity contribution in [3.63, 3.8) is 0 Å². The van der Waals surface area contributed by atoms with E-state index in [1.54, 1.807) is 14.2 Å². The lowest BCUT2D eigenvalue weighted by Gasteiger charge is -2.21. The lowest BCUT2D eigenvalue weighted by Crippen LogP contribution is -2.25. The molecular weight excluding hydrogens is 635 g/mol. The molecule has 0 aliphatic heterocycles. The minimum absolute atomic E-state index is 0.774. The van der Waals surface area contributed by atoms with Gasteiger partial charge in [-0.05, 0) is 60.7 Å². The van der Waals surface area contributed by atoms with Gasteiger partial charge in [0.15, 0.2) is 7.14 Å². The number of benzene rings is 7. The fourth-order valence-electron chi connectivity index (χ4n) is 7.48. The second kappa shape index (κ2) is 11.8. The standard InChI is InChI=1S/C44H33N2O3P/c1-48-32-21-25-41-39(28-32)37-23-24-38-40-29-33(49-2)22-26-42(40)46(44(38)43(37)45(41)30-13-6-3-7-14-30)31-15-12-20-36(27-31)50(47,34-16-8-4-9-17-34)35-18-10-5-11-19-35/h3-29H,1-2H3. The van der Waals surface area contributed by atoms with Crippen LogP contribution in [0.15, 0.2) is 164 Å². The fraction of sp³-hybridized carbons (Fsp3) is 0.0455. The van der Waals surface area contributed by atoms with Crippen LogP contribution in [0.2, 0.25) is 0 Å². The molecule has 0 atom stereocenters. The zero-order valence-corrected chi connectivity index (χ0v) is 28.5. The Balaban J connectivity index is 1.43. The van der Waals surface area contributed by atoms with Crippen molar-refractivity contribution in [3.05, 3.63) is 164 Å². The summed E-state index contributed by atoms with van der Waals surface area (Å²) in [4.78, 5) is 0. The number of para-hydroxylation sites is 1. The summed E-state index contributed by atoms with van der Waals surface area (Å²) in [6.45, 7) is 0. The highest BCUT2D eigenvalue weighted by Gasteiger charge is 2.30. The highest BCUT2D eigenvalue weighted by atomic mass is 31.2. The van der Waals surface area contributed by atoms with Gasteiger partial charge in [-0.2, -0.15) is 0 Å². The highest BCUT2D eigenvalue weighted by Crippen LogP contribution is 2.45. The Kier molecular flexibility index (Phi) is 7.12. The van der Waals surface area contributed by atoms with E-state index in [1.165, 1.54) is 0 Å². The van der Waals surface area contributed by atoms with Crippen molar-refractivity contribution >= 4 is 66.7 Å². The van der Waals surface area contributed by atoms with Gasteiger partial charge in [-0.15, -0.1) is 0 Å². The maximum absolute atomic E-state index is 15.5. The molecule has 6 heteroatoms. The minimum Gasteiger partial charge on any atom is -0.497 e. The smallest absolute Gasteiger partial charge is 0.171 e. The topological polar surface area (TPSA) is 45.4 Å². The van der Waals surface area contributed by atoms with Crippen LogP contribution in [0.3, 0.4) is 0 Å². The molecule has 5 nitrogen and oxygen atoms in total. The Morgan fingerprint density at radius 3 is 1.36 bits per heavy atom. The third-order valence-corrected chi connectivity index (χ3v) is 12.8. The Bertz CT molecular complexity index is 2710. The second-order valence-corrected chi connectivity index (χ2v) is 15.2. The molecule has 0 saturated carbocycles. The number of hydrogen-bond acceptors (Lipinski definition) is 3. The third-order valence-electron chi connectivity index (χ3n) is 9.77. The summed E-state index contributed by atoms with van der Waals surface area (Å²) in [6.07, 6.45) is 0. The monoisotopic (exact) mass is 668 g/mol. The average Bonchev–Trinajstić information content (AvgIpc) is 3.70. The first-order valence-electron chi connectivity index (χ1n) is 16.6. The minimum atomic E-state index is -3.23. The lowest BCUT2D eigenvalue weighted by molar-refractivity contribution is 0.415. The molecule has 0 bridgehead atoms. The van der Waals surface area contributed by atoms with E-state index in [2.05, 4.69) is 81.9 Å². The first kappa shape index (κ1) is 30.1. The van der Waals surface area contributed by atoms with E-state index in [0.717, 1.165) is 82.4 Å². The Morgan fingerprint density at radius 2 is 0.860 bits per heavy atom. The summed E-state index contributed by atoms with van der Waals surface area (Å²) < 4.78 is 31.7. The first-order chi connectivity index (χ1) is 24.6. The fourth-order valence-corrected chi connectivity index (χ4v) is 10.2. The average molecular weight is 669 g/mol. The first-order valence-corrected chi connectivity index (χ1v) is 18.3. The summed E-state index contributed by atoms with van der Waals surface area (Å²) in [6, 6.07) is 55.4. The Morgan fingerprint density at radius 1 is 0.420 bits per heavy atom. The molecule has 0 amide bonds. The molecule has 2 heterocycles. The largest absolute Gasteiger partial charge is 0.497 e. The zero-order chi connectivity index (χ0) is 33.8. The van der Waals surface area contributed by atoms with Crippen LogP contribution in [0.1, 0.15) is 0 Å². The van der Waals surface area contributed by atoms with Crippen molar-refractivity contribution in [1.82, 2.24) is 9.13 Å². The van der Waals surface area contributed by atoms with Gasteiger partial charge in [0.2, 0.25) is 0 Å². The number of methoxy groups -OCH3 is 2. The van der Waals surface area contributed by atoms with Gasteiger partial charge in [-0.25, -0.2) is 0 Å². The molecule has 0 unspecified atom stereocenters. The van der Waals surface area contributed by atoms with E-state index >= 15 is 4.57 Å². The van der Waals surface area contributed by atoms with Crippen molar-refractivity contribution in [2.75, 3.05) is 14.2 Å². The summed E-state index contributed by atoms with van der Waals surface area (Å²) >= 11 is 0. The predicted molar refractivity (Wildman–Crippen MR) is 208 cm³/mol. The molecule has 0 saturated heterocycles. The van der Waals surface area contributed by atoms with Crippen LogP contribution in [0, 0.1) is 0 Å². The van der Waals surface area contributed by atoms with Crippen LogP contribution in [0.4, 0.5) is 0 Å². The molecule has 0 aliphatic carbocycles. The molecule has 0 spiro atoms. The maximum Gasteiger partial charge on any atom is 0.171 e. The van der Waals surface area contributed by atoms with Crippen LogP contribution in [-0.2, 0) is 4.57 Å². The van der Waals surface area contributed by atoms with Gasteiger partial charge < -0.3 is 23.2 Å². The third kappa shape index (κ3) is 4.51. The molecule has 242 valence electrons. The number of aromatic nitrogens is 2. The number of ether oxygens (including phenoxy) is 2. The summed E-state index contributed by atoms with van der Waals surface area (Å²) in [5, 5.41) is 6.76. The molecular formula is C44H33N2O3P. The molecule has 0 fully saturated rings. The number of hydrogen-bond donors (Lipinski definition) is 0. The van der Waals surface area contributed by atoms with Crippen molar-refractivity contribution in [2.24, 2.45) is 0 Å². The molecule has 50 heavy (non-hydrogen) atoms. The van der Waals surface area contributed by atoms with E-state index in [-0.39, 0.29) is 0 Å². The van der Waals surface area contributed by atoms with Crippen molar-refractivity contribution in [2.45, 2.75) is 0 Å². The Hall–Kier alpha value is -6.03. The lowest BCUT2D eigenvalue weighted by atomic mass is 10.1. The normalized spacial score (nSPS) is 11.9. The Labute approximate surface area is 289 Å². The molecule has 0 radical (unpaired) electrons. The van der Waals surface area contributed by atoms with Crippen LogP contribution in [0.25, 0.3) is 55.0 Å². The quantitative estimate of drug-likeness (QED) is 0.159. The molecule has 0 aliphatic rings. The van der Waals surface area contributed by atoms with Crippen LogP contribution >= 0.6 is 7.14 Å². The van der Waals surface area contributed by atoms with E-state index in [4.69, 9.17) is 9.47 Å². The number of fused-ring (bicyclic) bond motifs is 7. The van der Waals surface area contributed by atoms with Gasteiger partial charge in [0.1, 0.15) is 11.5 Å². The summed E-state index contributed by atoms with van der Waals surface area (Å²) in [7, 11) is 0.179. The van der Waals surface area contributed by atoms with Gasteiger partial charge in [0.25, 0.3) is 0 Å². The van der Waals surface area contributed by atoms with E-state index in [9.17, 15) is 0 Å². The van der Waals surface area contributed by atoms with Crippen molar-refractivity contribution in [3.8, 4) is 22.9 Å². The van der Waals surface area contributed by atoms with Crippen molar-refractivity contribution in [1.29, 1.82) is 0 Å². The molecule has 9 aromatic rings. The number of nitrogens with zero attached hydrogens (tertiary/aromatic N) is 2. The molecule has 0 N–H and O–H groups in total. The second-order valence-electron chi connectivity index (χ2n) is 12.4. The van der Waals surface area contributed by atoms with Gasteiger partial charge in [0, 0.05) is 48.8 Å². The van der Waals surface area contributed by atoms with Crippen LogP contribution in [0.5, 0.6) is 11.5 Å². The molecule has 9 rings (SSSR count). The van der Waals surface area contributed by atoms with E-state index < -0.39 is 7.14 Å². The summed E-state index contributed by atoms with van der Waals surface area (Å²) in [5.41, 5.74) is 6.23. The van der Waals surface area contributed by atoms with E-state index in [1.807, 2.05) is 91.0 Å². The molecule has 7 aromatic carbocycles. The van der Waals surface area contributed by atoms with Gasteiger partial charge in [0.05, 0.1) is 36.3 Å².